The molecule has 0 spiro atoms. The standard InChI is InChI=1S/C22H46NO3P/c1-7-10-17-23-22(15-13-20(14-16-22)21(4,5)6)27(24,25-18-11-8-2)26-19-12-9-3/h20,23H,7-19H2,1-6H3. The Morgan fingerprint density at radius 1 is 0.926 bits per heavy atom. The Morgan fingerprint density at radius 3 is 1.81 bits per heavy atom. The molecule has 0 aromatic rings. The molecule has 1 N–H and O–H groups in total. The average molecular weight is 404 g/mol. The zero-order chi connectivity index (χ0) is 20.4. The lowest BCUT2D eigenvalue weighted by molar-refractivity contribution is 0.110. The maximum atomic E-state index is 14.1. The molecule has 0 bridgehead atoms. The SMILES string of the molecule is CCCCNC1(P(=O)(OCCCC)OCCCC)CCC(C(C)(C)C)CC1. The Hall–Kier alpha value is 0.110. The average Bonchev–Trinajstić information content (AvgIpc) is 2.62. The quantitative estimate of drug-likeness (QED) is 0.262. The van der Waals surface area contributed by atoms with E-state index in [0.29, 0.717) is 24.5 Å². The van der Waals surface area contributed by atoms with Crippen LogP contribution >= 0.6 is 7.60 Å². The highest BCUT2D eigenvalue weighted by Crippen LogP contribution is 2.65. The summed E-state index contributed by atoms with van der Waals surface area (Å²) in [6.45, 7) is 15.4. The van der Waals surface area contributed by atoms with E-state index in [-0.39, 0.29) is 0 Å². The van der Waals surface area contributed by atoms with Crippen LogP contribution in [0.4, 0.5) is 0 Å². The van der Waals surface area contributed by atoms with Gasteiger partial charge in [-0.3, -0.25) is 4.57 Å². The minimum absolute atomic E-state index is 0.297. The zero-order valence-corrected chi connectivity index (χ0v) is 19.8. The summed E-state index contributed by atoms with van der Waals surface area (Å²) in [6, 6.07) is 0. The van der Waals surface area contributed by atoms with E-state index in [4.69, 9.17) is 9.05 Å². The fraction of sp³-hybridized carbons (Fsp3) is 1.00. The van der Waals surface area contributed by atoms with Gasteiger partial charge in [-0.2, -0.15) is 0 Å². The molecular formula is C22H46NO3P. The first-order valence-corrected chi connectivity index (χ1v) is 12.9. The van der Waals surface area contributed by atoms with Crippen LogP contribution in [0, 0.1) is 11.3 Å². The molecule has 1 rings (SSSR count). The van der Waals surface area contributed by atoms with Crippen molar-refractivity contribution in [3.05, 3.63) is 0 Å². The van der Waals surface area contributed by atoms with E-state index in [1.165, 1.54) is 0 Å². The summed E-state index contributed by atoms with van der Waals surface area (Å²) in [5.41, 5.74) is 0.297. The predicted octanol–water partition coefficient (Wildman–Crippen LogP) is 7.14. The molecule has 5 heteroatoms. The number of nitrogens with one attached hydrogen (secondary N) is 1. The van der Waals surface area contributed by atoms with E-state index in [2.05, 4.69) is 46.9 Å². The van der Waals surface area contributed by atoms with Crippen molar-refractivity contribution >= 4 is 7.60 Å². The van der Waals surface area contributed by atoms with Gasteiger partial charge in [0.15, 0.2) is 0 Å². The Morgan fingerprint density at radius 2 is 1.41 bits per heavy atom. The highest BCUT2D eigenvalue weighted by Gasteiger charge is 2.53. The molecule has 162 valence electrons. The normalized spacial score (nSPS) is 24.3. The van der Waals surface area contributed by atoms with Crippen LogP contribution in [0.5, 0.6) is 0 Å². The van der Waals surface area contributed by atoms with Gasteiger partial charge in [-0.15, -0.1) is 0 Å². The summed E-state index contributed by atoms with van der Waals surface area (Å²) in [6.07, 6.45) is 10.1. The smallest absolute Gasteiger partial charge is 0.307 e. The molecule has 0 atom stereocenters. The van der Waals surface area contributed by atoms with E-state index in [1.807, 2.05) is 0 Å². The Bertz CT molecular complexity index is 425. The molecule has 1 aliphatic carbocycles. The summed E-state index contributed by atoms with van der Waals surface area (Å²) < 4.78 is 26.2. The number of hydrogen-bond donors (Lipinski definition) is 1. The number of unbranched alkanes of at least 4 members (excludes halogenated alkanes) is 3. The first-order valence-electron chi connectivity index (χ1n) is 11.4. The van der Waals surface area contributed by atoms with Crippen LogP contribution in [0.1, 0.15) is 106 Å². The van der Waals surface area contributed by atoms with Crippen LogP contribution < -0.4 is 5.32 Å². The van der Waals surface area contributed by atoms with Gasteiger partial charge in [0.1, 0.15) is 5.28 Å². The van der Waals surface area contributed by atoms with Gasteiger partial charge in [-0.05, 0) is 62.8 Å². The van der Waals surface area contributed by atoms with Gasteiger partial charge in [0.05, 0.1) is 13.2 Å². The second kappa shape index (κ2) is 12.0. The molecule has 0 aliphatic heterocycles. The van der Waals surface area contributed by atoms with Crippen molar-refractivity contribution in [1.29, 1.82) is 0 Å². The molecule has 0 saturated heterocycles. The van der Waals surface area contributed by atoms with Gasteiger partial charge in [0, 0.05) is 0 Å². The Balaban J connectivity index is 3.01. The van der Waals surface area contributed by atoms with Crippen molar-refractivity contribution in [3.63, 3.8) is 0 Å². The fourth-order valence-corrected chi connectivity index (χ4v) is 6.37. The topological polar surface area (TPSA) is 47.6 Å². The highest BCUT2D eigenvalue weighted by molar-refractivity contribution is 7.55. The van der Waals surface area contributed by atoms with E-state index < -0.39 is 12.9 Å². The lowest BCUT2D eigenvalue weighted by Crippen LogP contribution is -2.50. The van der Waals surface area contributed by atoms with Gasteiger partial charge >= 0.3 is 7.60 Å². The van der Waals surface area contributed by atoms with Crippen molar-refractivity contribution in [2.24, 2.45) is 11.3 Å². The lowest BCUT2D eigenvalue weighted by Gasteiger charge is -2.47. The molecule has 0 aromatic carbocycles. The largest absolute Gasteiger partial charge is 0.350 e. The van der Waals surface area contributed by atoms with Gasteiger partial charge in [0.25, 0.3) is 0 Å². The minimum Gasteiger partial charge on any atom is -0.307 e. The third-order valence-corrected chi connectivity index (χ3v) is 8.76. The molecule has 1 saturated carbocycles. The molecule has 0 unspecified atom stereocenters. The molecule has 0 amide bonds. The molecule has 0 radical (unpaired) electrons. The van der Waals surface area contributed by atoms with Crippen molar-refractivity contribution in [1.82, 2.24) is 5.32 Å². The molecule has 0 aromatic heterocycles. The number of rotatable bonds is 13. The van der Waals surface area contributed by atoms with Crippen molar-refractivity contribution in [2.45, 2.75) is 111 Å². The van der Waals surface area contributed by atoms with Crippen LogP contribution in [-0.2, 0) is 13.6 Å². The van der Waals surface area contributed by atoms with Crippen molar-refractivity contribution in [3.8, 4) is 0 Å². The fourth-order valence-electron chi connectivity index (χ4n) is 3.95. The molecule has 1 aliphatic rings. The van der Waals surface area contributed by atoms with Gasteiger partial charge in [-0.1, -0.05) is 60.8 Å². The van der Waals surface area contributed by atoms with E-state index in [0.717, 1.165) is 70.8 Å². The minimum atomic E-state index is -3.22. The van der Waals surface area contributed by atoms with E-state index in [1.54, 1.807) is 0 Å². The maximum absolute atomic E-state index is 14.1. The van der Waals surface area contributed by atoms with Crippen LogP contribution in [0.25, 0.3) is 0 Å². The Labute approximate surface area is 169 Å². The van der Waals surface area contributed by atoms with Crippen molar-refractivity contribution in [2.75, 3.05) is 19.8 Å². The predicted molar refractivity (Wildman–Crippen MR) is 116 cm³/mol. The van der Waals surface area contributed by atoms with Crippen LogP contribution in [0.2, 0.25) is 0 Å². The first-order chi connectivity index (χ1) is 12.7. The van der Waals surface area contributed by atoms with Crippen LogP contribution in [-0.4, -0.2) is 25.0 Å². The number of hydrogen-bond acceptors (Lipinski definition) is 4. The second-order valence-electron chi connectivity index (χ2n) is 9.32. The molecular weight excluding hydrogens is 357 g/mol. The van der Waals surface area contributed by atoms with Gasteiger partial charge in [-0.25, -0.2) is 0 Å². The third-order valence-electron chi connectivity index (χ3n) is 6.06. The van der Waals surface area contributed by atoms with Crippen LogP contribution in [0.3, 0.4) is 0 Å². The summed E-state index contributed by atoms with van der Waals surface area (Å²) in [7, 11) is -3.22. The summed E-state index contributed by atoms with van der Waals surface area (Å²) >= 11 is 0. The summed E-state index contributed by atoms with van der Waals surface area (Å²) in [5, 5.41) is 3.18. The zero-order valence-electron chi connectivity index (χ0n) is 18.9. The second-order valence-corrected chi connectivity index (χ2v) is 11.7. The van der Waals surface area contributed by atoms with E-state index in [9.17, 15) is 4.57 Å². The lowest BCUT2D eigenvalue weighted by atomic mass is 9.71. The summed E-state index contributed by atoms with van der Waals surface area (Å²) in [5.74, 6) is 0.665. The molecule has 27 heavy (non-hydrogen) atoms. The van der Waals surface area contributed by atoms with Crippen LogP contribution in [0.15, 0.2) is 0 Å². The monoisotopic (exact) mass is 403 g/mol. The molecule has 0 heterocycles. The van der Waals surface area contributed by atoms with Gasteiger partial charge in [0.2, 0.25) is 0 Å². The molecule has 1 fully saturated rings. The summed E-state index contributed by atoms with van der Waals surface area (Å²) in [4.78, 5) is 0. The molecule has 4 nitrogen and oxygen atoms in total. The highest BCUT2D eigenvalue weighted by atomic mass is 31.2. The van der Waals surface area contributed by atoms with Crippen molar-refractivity contribution < 1.29 is 13.6 Å². The maximum Gasteiger partial charge on any atom is 0.350 e. The Kier molecular flexibility index (Phi) is 11.1. The third kappa shape index (κ3) is 7.46. The van der Waals surface area contributed by atoms with E-state index >= 15 is 0 Å². The van der Waals surface area contributed by atoms with Gasteiger partial charge < -0.3 is 14.4 Å². The first kappa shape index (κ1) is 25.1.